The minimum atomic E-state index is 1.11. The lowest BCUT2D eigenvalue weighted by Crippen LogP contribution is -1.97. The first kappa shape index (κ1) is 13.2. The maximum Gasteiger partial charge on any atom is 0.0687 e. The zero-order chi connectivity index (χ0) is 14.8. The highest BCUT2D eigenvalue weighted by Gasteiger charge is 2.23. The van der Waals surface area contributed by atoms with Gasteiger partial charge in [0.05, 0.1) is 11.0 Å². The fourth-order valence-electron chi connectivity index (χ4n) is 3.21. The van der Waals surface area contributed by atoms with Crippen LogP contribution in [0.15, 0.2) is 68.4 Å². The number of rotatable bonds is 0. The molecule has 0 unspecified atom stereocenters. The van der Waals surface area contributed by atoms with E-state index in [-0.39, 0.29) is 0 Å². The molecule has 4 heteroatoms. The Hall–Kier alpha value is -1.23. The average molecular weight is 431 g/mol. The number of aromatic nitrogens is 1. The van der Waals surface area contributed by atoms with Crippen LogP contribution in [0.3, 0.4) is 0 Å². The van der Waals surface area contributed by atoms with Crippen LogP contribution in [0.25, 0.3) is 32.9 Å². The van der Waals surface area contributed by atoms with Crippen LogP contribution >= 0.6 is 43.8 Å². The molecule has 1 aliphatic heterocycles. The number of halogens is 2. The summed E-state index contributed by atoms with van der Waals surface area (Å²) in [6, 6.07) is 19.6. The Kier molecular flexibility index (Phi) is 2.79. The fourth-order valence-corrected chi connectivity index (χ4v) is 5.19. The van der Waals surface area contributed by atoms with Crippen molar-refractivity contribution in [3.05, 3.63) is 63.5 Å². The van der Waals surface area contributed by atoms with E-state index < -0.39 is 0 Å². The van der Waals surface area contributed by atoms with Gasteiger partial charge in [-0.2, -0.15) is 0 Å². The van der Waals surface area contributed by atoms with Crippen LogP contribution in [0.5, 0.6) is 0 Å². The Labute approximate surface area is 148 Å². The van der Waals surface area contributed by atoms with Gasteiger partial charge in [-0.25, -0.2) is 0 Å². The van der Waals surface area contributed by atoms with E-state index >= 15 is 0 Å². The third-order valence-corrected chi connectivity index (χ3v) is 6.18. The molecular formula is C18H9Br2NS. The highest BCUT2D eigenvalue weighted by atomic mass is 79.9. The van der Waals surface area contributed by atoms with Gasteiger partial charge < -0.3 is 0 Å². The predicted molar refractivity (Wildman–Crippen MR) is 102 cm³/mol. The van der Waals surface area contributed by atoms with Crippen molar-refractivity contribution in [1.82, 2.24) is 3.97 Å². The first-order chi connectivity index (χ1) is 10.7. The summed E-state index contributed by atoms with van der Waals surface area (Å²) in [7, 11) is 0. The minimum Gasteiger partial charge on any atom is -0.278 e. The Morgan fingerprint density at radius 3 is 2.50 bits per heavy atom. The Balaban J connectivity index is 2.06. The molecule has 0 amide bonds. The van der Waals surface area contributed by atoms with Crippen molar-refractivity contribution in [2.24, 2.45) is 0 Å². The van der Waals surface area contributed by atoms with Crippen molar-refractivity contribution in [2.75, 3.05) is 0 Å². The standard InChI is InChI=1S/C18H9Br2NS/c19-10-5-6-16-13(7-10)15-9-11(20)8-14-12-3-1-2-4-17(12)22-21(16)18(14)15/h1-9H. The van der Waals surface area contributed by atoms with Gasteiger partial charge in [0.15, 0.2) is 0 Å². The molecule has 5 rings (SSSR count). The van der Waals surface area contributed by atoms with Crippen molar-refractivity contribution in [3.63, 3.8) is 0 Å². The molecule has 0 radical (unpaired) electrons. The second-order valence-electron chi connectivity index (χ2n) is 5.39. The van der Waals surface area contributed by atoms with E-state index in [0.29, 0.717) is 0 Å². The molecule has 4 aromatic rings. The molecule has 0 fully saturated rings. The van der Waals surface area contributed by atoms with Crippen LogP contribution in [0, 0.1) is 0 Å². The lowest BCUT2D eigenvalue weighted by Gasteiger charge is -2.19. The smallest absolute Gasteiger partial charge is 0.0687 e. The molecule has 0 bridgehead atoms. The quantitative estimate of drug-likeness (QED) is 0.260. The molecule has 3 aromatic carbocycles. The maximum atomic E-state index is 3.69. The molecule has 0 atom stereocenters. The number of hydrogen-bond acceptors (Lipinski definition) is 1. The van der Waals surface area contributed by atoms with Gasteiger partial charge in [-0.15, -0.1) is 0 Å². The van der Waals surface area contributed by atoms with Gasteiger partial charge in [0.25, 0.3) is 0 Å². The molecule has 0 spiro atoms. The van der Waals surface area contributed by atoms with Gasteiger partial charge in [-0.1, -0.05) is 50.1 Å². The third-order valence-electron chi connectivity index (χ3n) is 4.11. The van der Waals surface area contributed by atoms with Crippen molar-refractivity contribution in [1.29, 1.82) is 0 Å². The summed E-state index contributed by atoms with van der Waals surface area (Å²) in [4.78, 5) is 1.30. The number of nitrogens with zero attached hydrogens (tertiary/aromatic N) is 1. The monoisotopic (exact) mass is 429 g/mol. The van der Waals surface area contributed by atoms with E-state index in [1.165, 1.54) is 37.8 Å². The molecule has 0 aliphatic carbocycles. The topological polar surface area (TPSA) is 4.93 Å². The van der Waals surface area contributed by atoms with E-state index in [4.69, 9.17) is 0 Å². The molecule has 2 heterocycles. The second-order valence-corrected chi connectivity index (χ2v) is 8.21. The van der Waals surface area contributed by atoms with Gasteiger partial charge >= 0.3 is 0 Å². The summed E-state index contributed by atoms with van der Waals surface area (Å²) in [6.07, 6.45) is 0. The van der Waals surface area contributed by atoms with Crippen molar-refractivity contribution in [2.45, 2.75) is 4.90 Å². The van der Waals surface area contributed by atoms with Gasteiger partial charge in [-0.05, 0) is 53.9 Å². The first-order valence-electron chi connectivity index (χ1n) is 6.93. The summed E-state index contributed by atoms with van der Waals surface area (Å²) in [5.41, 5.74) is 5.18. The molecule has 0 saturated heterocycles. The SMILES string of the molecule is Brc1ccc2c(c1)c1cc(Br)cc3c1n2Sc1ccccc1-3. The lowest BCUT2D eigenvalue weighted by molar-refractivity contribution is 1.33. The van der Waals surface area contributed by atoms with Crippen LogP contribution < -0.4 is 0 Å². The molecule has 1 nitrogen and oxygen atoms in total. The summed E-state index contributed by atoms with van der Waals surface area (Å²) in [5.74, 6) is 0. The van der Waals surface area contributed by atoms with E-state index in [1.807, 2.05) is 11.9 Å². The molecule has 106 valence electrons. The van der Waals surface area contributed by atoms with E-state index in [2.05, 4.69) is 90.4 Å². The second kappa shape index (κ2) is 4.63. The van der Waals surface area contributed by atoms with Gasteiger partial charge in [0.2, 0.25) is 0 Å². The number of hydrogen-bond donors (Lipinski definition) is 0. The number of fused-ring (bicyclic) bond motifs is 5. The molecular weight excluding hydrogens is 422 g/mol. The predicted octanol–water partition coefficient (Wildman–Crippen LogP) is 6.86. The molecule has 0 N–H and O–H groups in total. The van der Waals surface area contributed by atoms with Crippen LogP contribution in [-0.4, -0.2) is 3.97 Å². The maximum absolute atomic E-state index is 3.69. The zero-order valence-electron chi connectivity index (χ0n) is 11.3. The summed E-state index contributed by atoms with van der Waals surface area (Å²) >= 11 is 9.10. The highest BCUT2D eigenvalue weighted by molar-refractivity contribution is 9.10. The molecule has 22 heavy (non-hydrogen) atoms. The first-order valence-corrected chi connectivity index (χ1v) is 9.29. The van der Waals surface area contributed by atoms with Crippen LogP contribution in [0.4, 0.5) is 0 Å². The van der Waals surface area contributed by atoms with Crippen molar-refractivity contribution >= 4 is 65.6 Å². The van der Waals surface area contributed by atoms with Gasteiger partial charge in [-0.3, -0.25) is 3.97 Å². The minimum absolute atomic E-state index is 1.11. The van der Waals surface area contributed by atoms with Gasteiger partial charge in [0.1, 0.15) is 0 Å². The fraction of sp³-hybridized carbons (Fsp3) is 0. The number of benzene rings is 3. The highest BCUT2D eigenvalue weighted by Crippen LogP contribution is 2.48. The van der Waals surface area contributed by atoms with Crippen LogP contribution in [0.2, 0.25) is 0 Å². The molecule has 0 saturated carbocycles. The average Bonchev–Trinajstić information content (AvgIpc) is 2.82. The molecule has 1 aliphatic rings. The van der Waals surface area contributed by atoms with E-state index in [9.17, 15) is 0 Å². The normalized spacial score (nSPS) is 12.8. The summed E-state index contributed by atoms with van der Waals surface area (Å²) < 4.78 is 4.60. The van der Waals surface area contributed by atoms with Crippen molar-refractivity contribution < 1.29 is 0 Å². The molecule has 1 aromatic heterocycles. The Morgan fingerprint density at radius 2 is 1.59 bits per heavy atom. The van der Waals surface area contributed by atoms with Gasteiger partial charge in [0, 0.05) is 30.2 Å². The Morgan fingerprint density at radius 1 is 0.773 bits per heavy atom. The zero-order valence-corrected chi connectivity index (χ0v) is 15.3. The third kappa shape index (κ3) is 1.72. The van der Waals surface area contributed by atoms with E-state index in [0.717, 1.165) is 8.95 Å². The van der Waals surface area contributed by atoms with Crippen LogP contribution in [0.1, 0.15) is 0 Å². The van der Waals surface area contributed by atoms with Crippen LogP contribution in [-0.2, 0) is 0 Å². The van der Waals surface area contributed by atoms with E-state index in [1.54, 1.807) is 0 Å². The largest absolute Gasteiger partial charge is 0.278 e. The van der Waals surface area contributed by atoms with Crippen molar-refractivity contribution in [3.8, 4) is 11.1 Å². The Bertz CT molecular complexity index is 1080. The lowest BCUT2D eigenvalue weighted by atomic mass is 10.0. The summed E-state index contributed by atoms with van der Waals surface area (Å²) in [6.45, 7) is 0. The summed E-state index contributed by atoms with van der Waals surface area (Å²) in [5, 5.41) is 2.58.